The second-order valence-corrected chi connectivity index (χ2v) is 3.57. The Kier molecular flexibility index (Phi) is 7.90. The zero-order valence-electron chi connectivity index (χ0n) is 7.59. The maximum Gasteiger partial charge on any atom is 0.0293 e. The van der Waals surface area contributed by atoms with Crippen LogP contribution >= 0.6 is 0 Å². The first-order chi connectivity index (χ1) is 4.48. The van der Waals surface area contributed by atoms with Crippen molar-refractivity contribution >= 4 is 0 Å². The summed E-state index contributed by atoms with van der Waals surface area (Å²) in [5.74, 6) is 0.271. The average molecular weight is 226 g/mol. The molecule has 0 aliphatic carbocycles. The zero-order chi connectivity index (χ0) is 8.20. The molecule has 1 nitrogen and oxygen atoms in total. The fourth-order valence-corrected chi connectivity index (χ4v) is 0.549. The Balaban J connectivity index is 0. The third kappa shape index (κ3) is 6.97. The van der Waals surface area contributed by atoms with Gasteiger partial charge in [0.1, 0.15) is 0 Å². The van der Waals surface area contributed by atoms with Gasteiger partial charge in [-0.05, 0) is 0 Å². The molecule has 1 atom stereocenters. The molecule has 0 aromatic heterocycles. The van der Waals surface area contributed by atoms with Crippen molar-refractivity contribution in [2.24, 2.45) is 11.3 Å². The van der Waals surface area contributed by atoms with E-state index >= 15 is 0 Å². The van der Waals surface area contributed by atoms with Crippen LogP contribution in [0.3, 0.4) is 0 Å². The van der Waals surface area contributed by atoms with E-state index in [1.807, 2.05) is 6.42 Å². The van der Waals surface area contributed by atoms with E-state index in [-0.39, 0.29) is 44.0 Å². The van der Waals surface area contributed by atoms with Gasteiger partial charge in [-0.1, -0.05) is 32.6 Å². The molecular weight excluding hydrogens is 211 g/mol. The normalized spacial score (nSPS) is 13.0. The molecule has 0 bridgehead atoms. The van der Waals surface area contributed by atoms with Crippen LogP contribution in [0.15, 0.2) is 0 Å². The largest absolute Gasteiger partial charge is 0.369 e. The molecule has 0 rings (SSSR count). The van der Waals surface area contributed by atoms with Gasteiger partial charge in [0.15, 0.2) is 0 Å². The van der Waals surface area contributed by atoms with Gasteiger partial charge in [0.2, 0.25) is 0 Å². The topological polar surface area (TPSA) is 23.8 Å². The summed E-state index contributed by atoms with van der Waals surface area (Å²) in [6.07, 6.45) is 2.46. The summed E-state index contributed by atoms with van der Waals surface area (Å²) in [7, 11) is 0. The molecule has 11 heavy (non-hydrogen) atoms. The smallest absolute Gasteiger partial charge is 0.0293 e. The minimum Gasteiger partial charge on any atom is -0.369 e. The summed E-state index contributed by atoms with van der Waals surface area (Å²) in [5.41, 5.74) is 0.191. The van der Waals surface area contributed by atoms with Gasteiger partial charge >= 0.3 is 0 Å². The van der Waals surface area contributed by atoms with E-state index in [1.54, 1.807) is 0 Å². The first-order valence-electron chi connectivity index (χ1n) is 3.52. The van der Waals surface area contributed by atoms with E-state index in [1.165, 1.54) is 0 Å². The molecule has 61 valence electrons. The van der Waals surface area contributed by atoms with Crippen molar-refractivity contribution in [1.82, 2.24) is 0 Å². The predicted octanol–water partition coefficient (Wildman–Crippen LogP) is 2.60. The van der Waals surface area contributed by atoms with Crippen LogP contribution in [0, 0.1) is 36.0 Å². The van der Waals surface area contributed by atoms with Crippen molar-refractivity contribution in [2.75, 3.05) is 0 Å². The first kappa shape index (κ1) is 14.1. The van der Waals surface area contributed by atoms with Gasteiger partial charge in [-0.15, -0.1) is 0 Å². The van der Waals surface area contributed by atoms with E-state index in [0.717, 1.165) is 0 Å². The quantitative estimate of drug-likeness (QED) is 0.664. The molecular formula is C9H15NY-2. The predicted molar refractivity (Wildman–Crippen MR) is 42.8 cm³/mol. The first-order valence-corrected chi connectivity index (χ1v) is 3.52. The van der Waals surface area contributed by atoms with E-state index < -0.39 is 0 Å². The van der Waals surface area contributed by atoms with Gasteiger partial charge in [0.25, 0.3) is 0 Å². The molecule has 0 aliphatic heterocycles. The molecule has 0 aromatic carbocycles. The van der Waals surface area contributed by atoms with Crippen molar-refractivity contribution < 1.29 is 32.7 Å². The van der Waals surface area contributed by atoms with Gasteiger partial charge in [-0.25, -0.2) is 5.26 Å². The fourth-order valence-electron chi connectivity index (χ4n) is 0.549. The van der Waals surface area contributed by atoms with Crippen LogP contribution in [0.5, 0.6) is 0 Å². The van der Waals surface area contributed by atoms with E-state index in [2.05, 4.69) is 33.8 Å². The Morgan fingerprint density at radius 2 is 2.00 bits per heavy atom. The third-order valence-electron chi connectivity index (χ3n) is 1.61. The van der Waals surface area contributed by atoms with Crippen LogP contribution in [-0.2, 0) is 32.7 Å². The summed E-state index contributed by atoms with van der Waals surface area (Å²) in [6.45, 7) is 10.3. The summed E-state index contributed by atoms with van der Waals surface area (Å²) in [4.78, 5) is 0. The SMILES string of the molecule is [CH2-]C([CH-]CC#N)C(C)(C)C.[Y]. The van der Waals surface area contributed by atoms with Gasteiger partial charge in [-0.3, -0.25) is 5.92 Å². The van der Waals surface area contributed by atoms with Gasteiger partial charge in [-0.2, -0.15) is 0 Å². The van der Waals surface area contributed by atoms with Crippen molar-refractivity contribution in [3.05, 3.63) is 13.3 Å². The van der Waals surface area contributed by atoms with Crippen LogP contribution in [0.1, 0.15) is 27.2 Å². The molecule has 0 aromatic rings. The summed E-state index contributed by atoms with van der Waals surface area (Å²) in [5, 5.41) is 8.27. The Hall–Kier alpha value is 0.594. The molecule has 1 unspecified atom stereocenters. The van der Waals surface area contributed by atoms with E-state index in [4.69, 9.17) is 5.26 Å². The number of nitriles is 1. The molecule has 2 heteroatoms. The molecule has 0 amide bonds. The minimum absolute atomic E-state index is 0. The molecule has 0 spiro atoms. The maximum atomic E-state index is 8.27. The molecule has 0 saturated heterocycles. The second kappa shape index (κ2) is 6.15. The Morgan fingerprint density at radius 3 is 2.27 bits per heavy atom. The van der Waals surface area contributed by atoms with E-state index in [9.17, 15) is 0 Å². The molecule has 0 aliphatic rings. The Morgan fingerprint density at radius 1 is 1.55 bits per heavy atom. The molecule has 1 radical (unpaired) electrons. The number of rotatable bonds is 2. The minimum atomic E-state index is 0. The summed E-state index contributed by atoms with van der Waals surface area (Å²) in [6, 6.07) is 2.08. The van der Waals surface area contributed by atoms with Gasteiger partial charge < -0.3 is 13.3 Å². The Labute approximate surface area is 95.4 Å². The van der Waals surface area contributed by atoms with E-state index in [0.29, 0.717) is 6.42 Å². The summed E-state index contributed by atoms with van der Waals surface area (Å²) >= 11 is 0. The van der Waals surface area contributed by atoms with Crippen molar-refractivity contribution in [3.8, 4) is 6.07 Å². The van der Waals surface area contributed by atoms with Crippen molar-refractivity contribution in [1.29, 1.82) is 5.26 Å². The third-order valence-corrected chi connectivity index (χ3v) is 1.61. The maximum absolute atomic E-state index is 8.27. The zero-order valence-corrected chi connectivity index (χ0v) is 10.4. The van der Waals surface area contributed by atoms with Crippen LogP contribution in [-0.4, -0.2) is 0 Å². The summed E-state index contributed by atoms with van der Waals surface area (Å²) < 4.78 is 0. The second-order valence-electron chi connectivity index (χ2n) is 3.57. The molecule has 0 fully saturated rings. The number of hydrogen-bond acceptors (Lipinski definition) is 1. The van der Waals surface area contributed by atoms with Crippen LogP contribution in [0.4, 0.5) is 0 Å². The fraction of sp³-hybridized carbons (Fsp3) is 0.667. The molecule has 0 saturated carbocycles. The van der Waals surface area contributed by atoms with Crippen LogP contribution in [0.25, 0.3) is 0 Å². The average Bonchev–Trinajstić information content (AvgIpc) is 1.80. The van der Waals surface area contributed by atoms with Crippen molar-refractivity contribution in [2.45, 2.75) is 27.2 Å². The van der Waals surface area contributed by atoms with Crippen LogP contribution in [0.2, 0.25) is 0 Å². The monoisotopic (exact) mass is 226 g/mol. The van der Waals surface area contributed by atoms with Gasteiger partial charge in [0, 0.05) is 38.8 Å². The Bertz CT molecular complexity index is 129. The van der Waals surface area contributed by atoms with Crippen LogP contribution < -0.4 is 0 Å². The molecule has 0 heterocycles. The van der Waals surface area contributed by atoms with Gasteiger partial charge in [0.05, 0.1) is 0 Å². The standard InChI is InChI=1S/C9H15N.Y/c1-8(6-5-7-10)9(2,3)4;/h6,8H,1,5H2,2-4H3;/q-2;. The van der Waals surface area contributed by atoms with Crippen molar-refractivity contribution in [3.63, 3.8) is 0 Å². The number of nitrogens with zero attached hydrogens (tertiary/aromatic N) is 1. The molecule has 0 N–H and O–H groups in total. The number of hydrogen-bond donors (Lipinski definition) is 0.